The van der Waals surface area contributed by atoms with Crippen LogP contribution in [0.2, 0.25) is 0 Å². The van der Waals surface area contributed by atoms with Gasteiger partial charge in [-0.15, -0.1) is 0 Å². The third kappa shape index (κ3) is 1.59. The van der Waals surface area contributed by atoms with E-state index in [0.29, 0.717) is 5.78 Å². The minimum Gasteiger partial charge on any atom is -0.477 e. The van der Waals surface area contributed by atoms with Crippen LogP contribution in [0, 0.1) is 0 Å². The summed E-state index contributed by atoms with van der Waals surface area (Å²) < 4.78 is 1.58. The summed E-state index contributed by atoms with van der Waals surface area (Å²) in [7, 11) is 0. The molecule has 88 valence electrons. The van der Waals surface area contributed by atoms with Crippen LogP contribution in [0.25, 0.3) is 5.78 Å². The lowest BCUT2D eigenvalue weighted by Crippen LogP contribution is -2.22. The van der Waals surface area contributed by atoms with Crippen LogP contribution >= 0.6 is 0 Å². The van der Waals surface area contributed by atoms with E-state index in [2.05, 4.69) is 20.0 Å². The van der Waals surface area contributed by atoms with Gasteiger partial charge in [0, 0.05) is 19.2 Å². The van der Waals surface area contributed by atoms with Crippen LogP contribution in [-0.4, -0.2) is 43.7 Å². The Kier molecular flexibility index (Phi) is 2.17. The Balaban J connectivity index is 2.19. The van der Waals surface area contributed by atoms with Crippen LogP contribution in [0.15, 0.2) is 12.4 Å². The summed E-state index contributed by atoms with van der Waals surface area (Å²) in [6.45, 7) is 1.83. The number of anilines is 1. The van der Waals surface area contributed by atoms with Gasteiger partial charge in [0.15, 0.2) is 5.69 Å². The van der Waals surface area contributed by atoms with E-state index in [-0.39, 0.29) is 5.69 Å². The highest BCUT2D eigenvalue weighted by atomic mass is 16.4. The number of carbonyl (C=O) groups is 1. The Labute approximate surface area is 96.7 Å². The first-order valence-corrected chi connectivity index (χ1v) is 5.45. The molecule has 0 aliphatic carbocycles. The summed E-state index contributed by atoms with van der Waals surface area (Å²) >= 11 is 0. The number of fused-ring (bicyclic) bond motifs is 1. The average Bonchev–Trinajstić information content (AvgIpc) is 2.98. The van der Waals surface area contributed by atoms with Crippen LogP contribution in [0.5, 0.6) is 0 Å². The van der Waals surface area contributed by atoms with Crippen LogP contribution in [-0.2, 0) is 0 Å². The summed E-state index contributed by atoms with van der Waals surface area (Å²) in [5.74, 6) is 0.0325. The Morgan fingerprint density at radius 1 is 1.35 bits per heavy atom. The van der Waals surface area contributed by atoms with E-state index in [9.17, 15) is 4.79 Å². The Morgan fingerprint density at radius 2 is 2.12 bits per heavy atom. The van der Waals surface area contributed by atoms with Crippen molar-refractivity contribution in [3.63, 3.8) is 0 Å². The molecule has 17 heavy (non-hydrogen) atoms. The number of hydrogen-bond donors (Lipinski definition) is 1. The second kappa shape index (κ2) is 3.69. The number of hydrogen-bond acceptors (Lipinski definition) is 5. The molecule has 7 nitrogen and oxygen atoms in total. The first kappa shape index (κ1) is 10.0. The average molecular weight is 233 g/mol. The predicted octanol–water partition coefficient (Wildman–Crippen LogP) is 0.423. The van der Waals surface area contributed by atoms with Crippen LogP contribution in [0.3, 0.4) is 0 Å². The van der Waals surface area contributed by atoms with Gasteiger partial charge in [-0.1, -0.05) is 0 Å². The van der Waals surface area contributed by atoms with Crippen molar-refractivity contribution in [3.05, 3.63) is 18.1 Å². The van der Waals surface area contributed by atoms with Gasteiger partial charge in [0.2, 0.25) is 0 Å². The van der Waals surface area contributed by atoms with E-state index < -0.39 is 5.97 Å². The predicted molar refractivity (Wildman–Crippen MR) is 59.2 cm³/mol. The Bertz CT molecular complexity index is 573. The van der Waals surface area contributed by atoms with Crippen LogP contribution < -0.4 is 4.90 Å². The highest BCUT2D eigenvalue weighted by molar-refractivity contribution is 5.86. The Hall–Kier alpha value is -2.18. The van der Waals surface area contributed by atoms with Crippen LogP contribution in [0.4, 0.5) is 5.82 Å². The molecule has 2 aromatic rings. The molecular formula is C10H11N5O2. The van der Waals surface area contributed by atoms with Gasteiger partial charge in [0.1, 0.15) is 12.1 Å². The maximum Gasteiger partial charge on any atom is 0.354 e. The van der Waals surface area contributed by atoms with Gasteiger partial charge in [-0.05, 0) is 12.8 Å². The molecule has 3 rings (SSSR count). The zero-order valence-electron chi connectivity index (χ0n) is 9.07. The van der Waals surface area contributed by atoms with Crippen molar-refractivity contribution >= 4 is 17.6 Å². The fourth-order valence-corrected chi connectivity index (χ4v) is 2.08. The SMILES string of the molecule is O=C(O)c1cc(N2CCCC2)n2ncnc2n1. The zero-order chi connectivity index (χ0) is 11.8. The lowest BCUT2D eigenvalue weighted by Gasteiger charge is -2.18. The molecule has 2 aromatic heterocycles. The number of nitrogens with zero attached hydrogens (tertiary/aromatic N) is 5. The number of rotatable bonds is 2. The molecule has 0 amide bonds. The summed E-state index contributed by atoms with van der Waals surface area (Å²) in [6, 6.07) is 1.55. The van der Waals surface area contributed by atoms with Crippen molar-refractivity contribution in [2.45, 2.75) is 12.8 Å². The summed E-state index contributed by atoms with van der Waals surface area (Å²) in [5, 5.41) is 13.1. The highest BCUT2D eigenvalue weighted by Gasteiger charge is 2.19. The molecule has 0 aromatic carbocycles. The molecule has 1 saturated heterocycles. The van der Waals surface area contributed by atoms with E-state index >= 15 is 0 Å². The smallest absolute Gasteiger partial charge is 0.354 e. The first-order valence-electron chi connectivity index (χ1n) is 5.45. The molecule has 0 spiro atoms. The largest absolute Gasteiger partial charge is 0.477 e. The van der Waals surface area contributed by atoms with Gasteiger partial charge in [-0.25, -0.2) is 9.78 Å². The van der Waals surface area contributed by atoms with Crippen molar-refractivity contribution in [2.75, 3.05) is 18.0 Å². The molecule has 0 radical (unpaired) electrons. The fourth-order valence-electron chi connectivity index (χ4n) is 2.08. The van der Waals surface area contributed by atoms with Crippen molar-refractivity contribution in [1.29, 1.82) is 0 Å². The molecule has 1 N–H and O–H groups in total. The Morgan fingerprint density at radius 3 is 2.82 bits per heavy atom. The van der Waals surface area contributed by atoms with Crippen molar-refractivity contribution < 1.29 is 9.90 Å². The van der Waals surface area contributed by atoms with E-state index in [4.69, 9.17) is 5.11 Å². The quantitative estimate of drug-likeness (QED) is 0.809. The van der Waals surface area contributed by atoms with Crippen molar-refractivity contribution in [2.24, 2.45) is 0 Å². The minimum absolute atomic E-state index is 0.00685. The van der Waals surface area contributed by atoms with Gasteiger partial charge >= 0.3 is 5.97 Å². The topological polar surface area (TPSA) is 83.6 Å². The molecule has 0 saturated carbocycles. The highest BCUT2D eigenvalue weighted by Crippen LogP contribution is 2.20. The molecule has 1 aliphatic rings. The molecule has 7 heteroatoms. The van der Waals surface area contributed by atoms with Gasteiger partial charge in [0.05, 0.1) is 0 Å². The maximum atomic E-state index is 11.0. The normalized spacial score (nSPS) is 15.6. The molecule has 0 bridgehead atoms. The van der Waals surface area contributed by atoms with Gasteiger partial charge in [0.25, 0.3) is 5.78 Å². The number of aromatic carboxylic acids is 1. The molecule has 1 fully saturated rings. The van der Waals surface area contributed by atoms with E-state index in [1.54, 1.807) is 10.6 Å². The van der Waals surface area contributed by atoms with Gasteiger partial charge in [-0.3, -0.25) is 0 Å². The standard InChI is InChI=1S/C10H11N5O2/c16-9(17)7-5-8(14-3-1-2-4-14)15-10(13-7)11-6-12-15/h5-6H,1-4H2,(H,16,17). The minimum atomic E-state index is -1.05. The molecule has 0 atom stereocenters. The van der Waals surface area contributed by atoms with E-state index in [0.717, 1.165) is 31.7 Å². The molecule has 1 aliphatic heterocycles. The fraction of sp³-hybridized carbons (Fsp3) is 0.400. The van der Waals surface area contributed by atoms with Gasteiger partial charge in [-0.2, -0.15) is 14.6 Å². The number of carboxylic acid groups (broad SMARTS) is 1. The number of aromatic nitrogens is 4. The molecular weight excluding hydrogens is 222 g/mol. The maximum absolute atomic E-state index is 11.0. The van der Waals surface area contributed by atoms with E-state index in [1.807, 2.05) is 0 Å². The second-order valence-corrected chi connectivity index (χ2v) is 3.97. The van der Waals surface area contributed by atoms with Crippen molar-refractivity contribution in [3.8, 4) is 0 Å². The summed E-state index contributed by atoms with van der Waals surface area (Å²) in [5.41, 5.74) is 0.00685. The zero-order valence-corrected chi connectivity index (χ0v) is 9.07. The van der Waals surface area contributed by atoms with Gasteiger partial charge < -0.3 is 10.0 Å². The summed E-state index contributed by atoms with van der Waals surface area (Å²) in [4.78, 5) is 21.0. The first-order chi connectivity index (χ1) is 8.25. The third-order valence-electron chi connectivity index (χ3n) is 2.88. The monoisotopic (exact) mass is 233 g/mol. The second-order valence-electron chi connectivity index (χ2n) is 3.97. The van der Waals surface area contributed by atoms with Crippen LogP contribution in [0.1, 0.15) is 23.3 Å². The van der Waals surface area contributed by atoms with Crippen molar-refractivity contribution in [1.82, 2.24) is 19.6 Å². The third-order valence-corrected chi connectivity index (χ3v) is 2.88. The lowest BCUT2D eigenvalue weighted by molar-refractivity contribution is 0.0690. The summed E-state index contributed by atoms with van der Waals surface area (Å²) in [6.07, 6.45) is 3.61. The lowest BCUT2D eigenvalue weighted by atomic mass is 10.3. The number of carboxylic acids is 1. The van der Waals surface area contributed by atoms with E-state index in [1.165, 1.54) is 6.33 Å². The molecule has 3 heterocycles. The molecule has 0 unspecified atom stereocenters.